The van der Waals surface area contributed by atoms with E-state index in [2.05, 4.69) is 34.7 Å². The minimum absolute atomic E-state index is 0.0191. The van der Waals surface area contributed by atoms with Crippen molar-refractivity contribution in [3.05, 3.63) is 66.2 Å². The normalized spacial score (nSPS) is 12.1. The molecule has 0 aliphatic rings. The van der Waals surface area contributed by atoms with E-state index in [1.54, 1.807) is 4.68 Å². The van der Waals surface area contributed by atoms with E-state index in [-0.39, 0.29) is 17.7 Å². The molecule has 1 atom stereocenters. The van der Waals surface area contributed by atoms with Gasteiger partial charge in [-0.15, -0.1) is 5.10 Å². The minimum atomic E-state index is -0.0415. The average Bonchev–Trinajstić information content (AvgIpc) is 3.14. The molecule has 1 N–H and O–H groups in total. The number of carbonyl (C=O) groups is 1. The average molecular weight is 367 g/mol. The van der Waals surface area contributed by atoms with Gasteiger partial charge in [-0.1, -0.05) is 74.1 Å². The Morgan fingerprint density at radius 2 is 1.73 bits per heavy atom. The number of aromatic nitrogens is 4. The number of tetrazole rings is 1. The standard InChI is InChI=1S/C19H21N5OS/c1-14(2)18(15-9-5-3-6-10-15)20-17(25)13-26-19-21-22-23-24(19)16-11-7-4-8-12-16/h3-12,14,18H,13H2,1-2H3,(H,20,25). The van der Waals surface area contributed by atoms with Crippen molar-refractivity contribution in [2.75, 3.05) is 5.75 Å². The van der Waals surface area contributed by atoms with Crippen LogP contribution in [-0.4, -0.2) is 31.9 Å². The molecule has 1 unspecified atom stereocenters. The van der Waals surface area contributed by atoms with E-state index in [1.807, 2.05) is 60.7 Å². The van der Waals surface area contributed by atoms with Crippen LogP contribution in [0.3, 0.4) is 0 Å². The van der Waals surface area contributed by atoms with Gasteiger partial charge in [0.15, 0.2) is 0 Å². The molecule has 0 saturated heterocycles. The number of carbonyl (C=O) groups excluding carboxylic acids is 1. The zero-order chi connectivity index (χ0) is 18.4. The molecule has 134 valence electrons. The molecule has 26 heavy (non-hydrogen) atoms. The van der Waals surface area contributed by atoms with E-state index in [9.17, 15) is 4.79 Å². The Hall–Kier alpha value is -2.67. The number of amides is 1. The third kappa shape index (κ3) is 4.49. The Bertz CT molecular complexity index is 835. The van der Waals surface area contributed by atoms with Crippen LogP contribution in [0.5, 0.6) is 0 Å². The predicted octanol–water partition coefficient (Wildman–Crippen LogP) is 3.27. The Balaban J connectivity index is 1.64. The number of nitrogens with zero attached hydrogens (tertiary/aromatic N) is 4. The highest BCUT2D eigenvalue weighted by Crippen LogP contribution is 2.22. The SMILES string of the molecule is CC(C)C(NC(=O)CSc1nnnn1-c1ccccc1)c1ccccc1. The smallest absolute Gasteiger partial charge is 0.230 e. The molecule has 0 radical (unpaired) electrons. The summed E-state index contributed by atoms with van der Waals surface area (Å²) in [6.45, 7) is 4.20. The Labute approximate surface area is 157 Å². The molecule has 6 nitrogen and oxygen atoms in total. The summed E-state index contributed by atoms with van der Waals surface area (Å²) in [5.41, 5.74) is 1.97. The fraction of sp³-hybridized carbons (Fsp3) is 0.263. The number of thioether (sulfide) groups is 1. The minimum Gasteiger partial charge on any atom is -0.348 e. The zero-order valence-corrected chi connectivity index (χ0v) is 15.6. The zero-order valence-electron chi connectivity index (χ0n) is 14.7. The van der Waals surface area contributed by atoms with E-state index in [0.29, 0.717) is 11.1 Å². The maximum Gasteiger partial charge on any atom is 0.230 e. The van der Waals surface area contributed by atoms with Gasteiger partial charge < -0.3 is 5.32 Å². The van der Waals surface area contributed by atoms with Crippen LogP contribution in [0.15, 0.2) is 65.8 Å². The molecule has 3 rings (SSSR count). The van der Waals surface area contributed by atoms with Crippen LogP contribution in [-0.2, 0) is 4.79 Å². The van der Waals surface area contributed by atoms with Gasteiger partial charge >= 0.3 is 0 Å². The predicted molar refractivity (Wildman–Crippen MR) is 102 cm³/mol. The molecule has 1 heterocycles. The molecule has 0 saturated carbocycles. The van der Waals surface area contributed by atoms with Crippen molar-refractivity contribution in [2.45, 2.75) is 25.0 Å². The maximum absolute atomic E-state index is 12.5. The van der Waals surface area contributed by atoms with Gasteiger partial charge in [-0.05, 0) is 34.0 Å². The summed E-state index contributed by atoms with van der Waals surface area (Å²) in [7, 11) is 0. The maximum atomic E-state index is 12.5. The summed E-state index contributed by atoms with van der Waals surface area (Å²) in [5, 5.41) is 15.5. The van der Waals surface area contributed by atoms with E-state index in [0.717, 1.165) is 11.3 Å². The van der Waals surface area contributed by atoms with Crippen molar-refractivity contribution in [3.63, 3.8) is 0 Å². The molecule has 0 spiro atoms. The lowest BCUT2D eigenvalue weighted by atomic mass is 9.96. The molecular weight excluding hydrogens is 346 g/mol. The van der Waals surface area contributed by atoms with Gasteiger partial charge in [-0.25, -0.2) is 0 Å². The second-order valence-corrected chi connectivity index (χ2v) is 7.14. The van der Waals surface area contributed by atoms with Gasteiger partial charge in [0.25, 0.3) is 0 Å². The first-order valence-electron chi connectivity index (χ1n) is 8.46. The molecule has 1 amide bonds. The number of para-hydroxylation sites is 1. The number of hydrogen-bond donors (Lipinski definition) is 1. The van der Waals surface area contributed by atoms with Gasteiger partial charge in [0.1, 0.15) is 0 Å². The lowest BCUT2D eigenvalue weighted by Crippen LogP contribution is -2.33. The van der Waals surface area contributed by atoms with Crippen LogP contribution in [0.1, 0.15) is 25.5 Å². The summed E-state index contributed by atoms with van der Waals surface area (Å²) in [5.74, 6) is 0.504. The van der Waals surface area contributed by atoms with Gasteiger partial charge in [0, 0.05) is 0 Å². The van der Waals surface area contributed by atoms with E-state index in [4.69, 9.17) is 0 Å². The summed E-state index contributed by atoms with van der Waals surface area (Å²) in [6.07, 6.45) is 0. The number of rotatable bonds is 7. The largest absolute Gasteiger partial charge is 0.348 e. The van der Waals surface area contributed by atoms with Gasteiger partial charge in [-0.3, -0.25) is 4.79 Å². The molecule has 0 aliphatic heterocycles. The van der Waals surface area contributed by atoms with Gasteiger partial charge in [-0.2, -0.15) is 4.68 Å². The van der Waals surface area contributed by atoms with Crippen LogP contribution in [0.4, 0.5) is 0 Å². The Morgan fingerprint density at radius 1 is 1.08 bits per heavy atom. The second kappa shape index (κ2) is 8.62. The Morgan fingerprint density at radius 3 is 2.38 bits per heavy atom. The fourth-order valence-electron chi connectivity index (χ4n) is 2.64. The van der Waals surface area contributed by atoms with Crippen LogP contribution in [0.25, 0.3) is 5.69 Å². The van der Waals surface area contributed by atoms with Crippen molar-refractivity contribution in [1.82, 2.24) is 25.5 Å². The van der Waals surface area contributed by atoms with Crippen molar-refractivity contribution in [1.29, 1.82) is 0 Å². The topological polar surface area (TPSA) is 72.7 Å². The van der Waals surface area contributed by atoms with Crippen LogP contribution < -0.4 is 5.32 Å². The van der Waals surface area contributed by atoms with Crippen LogP contribution in [0, 0.1) is 5.92 Å². The summed E-state index contributed by atoms with van der Waals surface area (Å²) in [4.78, 5) is 12.5. The molecule has 2 aromatic carbocycles. The second-order valence-electron chi connectivity index (χ2n) is 6.20. The monoisotopic (exact) mass is 367 g/mol. The summed E-state index contributed by atoms with van der Waals surface area (Å²) >= 11 is 1.32. The molecule has 3 aromatic rings. The van der Waals surface area contributed by atoms with Crippen LogP contribution in [0.2, 0.25) is 0 Å². The molecule has 0 fully saturated rings. The summed E-state index contributed by atoms with van der Waals surface area (Å²) < 4.78 is 1.63. The lowest BCUT2D eigenvalue weighted by Gasteiger charge is -2.22. The molecule has 0 aliphatic carbocycles. The molecule has 7 heteroatoms. The number of nitrogens with one attached hydrogen (secondary N) is 1. The first-order valence-corrected chi connectivity index (χ1v) is 9.44. The quantitative estimate of drug-likeness (QED) is 0.649. The van der Waals surface area contributed by atoms with Crippen molar-refractivity contribution in [2.24, 2.45) is 5.92 Å². The first-order chi connectivity index (χ1) is 12.6. The van der Waals surface area contributed by atoms with Crippen molar-refractivity contribution < 1.29 is 4.79 Å². The molecule has 1 aromatic heterocycles. The summed E-state index contributed by atoms with van der Waals surface area (Å²) in [6, 6.07) is 19.6. The van der Waals surface area contributed by atoms with Gasteiger partial charge in [0.2, 0.25) is 11.1 Å². The fourth-order valence-corrected chi connectivity index (χ4v) is 3.34. The third-order valence-corrected chi connectivity index (χ3v) is 4.84. The van der Waals surface area contributed by atoms with E-state index >= 15 is 0 Å². The van der Waals surface area contributed by atoms with Crippen molar-refractivity contribution in [3.8, 4) is 5.69 Å². The highest BCUT2D eigenvalue weighted by Gasteiger charge is 2.19. The Kier molecular flexibility index (Phi) is 6.01. The first kappa shape index (κ1) is 18.1. The highest BCUT2D eigenvalue weighted by atomic mass is 32.2. The molecular formula is C19H21N5OS. The van der Waals surface area contributed by atoms with Crippen LogP contribution >= 0.6 is 11.8 Å². The number of benzene rings is 2. The van der Waals surface area contributed by atoms with E-state index in [1.165, 1.54) is 11.8 Å². The third-order valence-electron chi connectivity index (χ3n) is 3.92. The van der Waals surface area contributed by atoms with Gasteiger partial charge in [0.05, 0.1) is 17.5 Å². The highest BCUT2D eigenvalue weighted by molar-refractivity contribution is 7.99. The molecule has 0 bridgehead atoms. The lowest BCUT2D eigenvalue weighted by molar-refractivity contribution is -0.119. The number of hydrogen-bond acceptors (Lipinski definition) is 5. The van der Waals surface area contributed by atoms with Crippen molar-refractivity contribution >= 4 is 17.7 Å². The van der Waals surface area contributed by atoms with E-state index < -0.39 is 0 Å².